The zero-order valence-corrected chi connectivity index (χ0v) is 11.2. The fourth-order valence-corrected chi connectivity index (χ4v) is 4.63. The van der Waals surface area contributed by atoms with Gasteiger partial charge in [0.05, 0.1) is 5.60 Å². The molecule has 0 radical (unpaired) electrons. The van der Waals surface area contributed by atoms with Crippen LogP contribution in [0.2, 0.25) is 0 Å². The van der Waals surface area contributed by atoms with Crippen LogP contribution in [-0.2, 0) is 0 Å². The van der Waals surface area contributed by atoms with Crippen molar-refractivity contribution in [1.29, 1.82) is 0 Å². The van der Waals surface area contributed by atoms with Crippen molar-refractivity contribution in [2.75, 3.05) is 20.1 Å². The quantitative estimate of drug-likeness (QED) is 0.798. The number of aliphatic hydroxyl groups is 1. The lowest BCUT2D eigenvalue weighted by molar-refractivity contribution is -0.00536. The van der Waals surface area contributed by atoms with Gasteiger partial charge in [-0.3, -0.25) is 0 Å². The lowest BCUT2D eigenvalue weighted by Crippen LogP contribution is -2.34. The van der Waals surface area contributed by atoms with Crippen molar-refractivity contribution in [1.82, 2.24) is 4.90 Å². The predicted octanol–water partition coefficient (Wildman–Crippen LogP) is 2.66. The van der Waals surface area contributed by atoms with E-state index in [0.717, 1.165) is 43.6 Å². The summed E-state index contributed by atoms with van der Waals surface area (Å²) < 4.78 is 0. The second-order valence-corrected chi connectivity index (χ2v) is 7.02. The fourth-order valence-electron chi connectivity index (χ4n) is 4.63. The van der Waals surface area contributed by atoms with Crippen LogP contribution in [0.5, 0.6) is 0 Å². The Kier molecular flexibility index (Phi) is 3.20. The molecule has 2 bridgehead atoms. The highest BCUT2D eigenvalue weighted by atomic mass is 16.3. The summed E-state index contributed by atoms with van der Waals surface area (Å²) in [5.41, 5.74) is -0.333. The molecule has 3 rings (SSSR count). The first-order valence-electron chi connectivity index (χ1n) is 7.56. The van der Waals surface area contributed by atoms with Gasteiger partial charge in [-0.2, -0.15) is 0 Å². The largest absolute Gasteiger partial charge is 0.390 e. The highest BCUT2D eigenvalue weighted by Gasteiger charge is 2.43. The van der Waals surface area contributed by atoms with E-state index in [9.17, 15) is 5.11 Å². The van der Waals surface area contributed by atoms with Gasteiger partial charge in [-0.15, -0.1) is 0 Å². The van der Waals surface area contributed by atoms with Crippen molar-refractivity contribution in [2.24, 2.45) is 17.8 Å². The molecule has 0 amide bonds. The van der Waals surface area contributed by atoms with Crippen molar-refractivity contribution < 1.29 is 5.11 Å². The summed E-state index contributed by atoms with van der Waals surface area (Å²) in [6.45, 7) is 2.25. The Morgan fingerprint density at radius 1 is 1.18 bits per heavy atom. The van der Waals surface area contributed by atoms with Gasteiger partial charge in [0.2, 0.25) is 0 Å². The maximum atomic E-state index is 10.8. The molecule has 4 unspecified atom stereocenters. The molecule has 2 heteroatoms. The number of rotatable bonds is 2. The smallest absolute Gasteiger partial charge is 0.0663 e. The maximum absolute atomic E-state index is 10.8. The Bertz CT molecular complexity index is 280. The zero-order valence-electron chi connectivity index (χ0n) is 11.2. The predicted molar refractivity (Wildman–Crippen MR) is 69.9 cm³/mol. The summed E-state index contributed by atoms with van der Waals surface area (Å²) >= 11 is 0. The molecule has 17 heavy (non-hydrogen) atoms. The van der Waals surface area contributed by atoms with Gasteiger partial charge in [0.1, 0.15) is 0 Å². The second-order valence-electron chi connectivity index (χ2n) is 7.02. The number of hydrogen-bond acceptors (Lipinski definition) is 2. The van der Waals surface area contributed by atoms with Crippen LogP contribution in [0.3, 0.4) is 0 Å². The van der Waals surface area contributed by atoms with E-state index in [1.54, 1.807) is 0 Å². The summed E-state index contributed by atoms with van der Waals surface area (Å²) in [4.78, 5) is 2.37. The topological polar surface area (TPSA) is 23.5 Å². The number of nitrogens with zero attached hydrogens (tertiary/aromatic N) is 1. The van der Waals surface area contributed by atoms with E-state index in [1.807, 2.05) is 0 Å². The van der Waals surface area contributed by atoms with E-state index in [-0.39, 0.29) is 5.60 Å². The minimum atomic E-state index is -0.333. The van der Waals surface area contributed by atoms with Crippen LogP contribution in [-0.4, -0.2) is 35.7 Å². The van der Waals surface area contributed by atoms with Crippen LogP contribution in [0.15, 0.2) is 0 Å². The van der Waals surface area contributed by atoms with Gasteiger partial charge in [0.25, 0.3) is 0 Å². The summed E-state index contributed by atoms with van der Waals surface area (Å²) in [7, 11) is 2.18. The molecule has 3 fully saturated rings. The first kappa shape index (κ1) is 12.0. The van der Waals surface area contributed by atoms with Crippen LogP contribution in [0, 0.1) is 17.8 Å². The Labute approximate surface area is 105 Å². The normalized spacial score (nSPS) is 47.3. The molecule has 0 aromatic carbocycles. The number of hydrogen-bond donors (Lipinski definition) is 1. The molecular formula is C15H27NO. The van der Waals surface area contributed by atoms with Crippen LogP contribution >= 0.6 is 0 Å². The molecule has 1 saturated heterocycles. The number of fused-ring (bicyclic) bond motifs is 2. The van der Waals surface area contributed by atoms with Crippen molar-refractivity contribution in [3.63, 3.8) is 0 Å². The van der Waals surface area contributed by atoms with Gasteiger partial charge in [-0.25, -0.2) is 0 Å². The Balaban J connectivity index is 1.59. The van der Waals surface area contributed by atoms with Crippen molar-refractivity contribution >= 4 is 0 Å². The molecule has 98 valence electrons. The molecule has 2 aliphatic carbocycles. The Morgan fingerprint density at radius 3 is 2.76 bits per heavy atom. The lowest BCUT2D eigenvalue weighted by atomic mass is 9.77. The number of likely N-dealkylation sites (tertiary alicyclic amines) is 1. The minimum absolute atomic E-state index is 0.333. The molecule has 0 aromatic rings. The van der Waals surface area contributed by atoms with Gasteiger partial charge in [0.15, 0.2) is 0 Å². The average molecular weight is 237 g/mol. The van der Waals surface area contributed by atoms with E-state index in [0.29, 0.717) is 0 Å². The minimum Gasteiger partial charge on any atom is -0.390 e. The molecule has 2 saturated carbocycles. The van der Waals surface area contributed by atoms with E-state index in [1.165, 1.54) is 38.6 Å². The van der Waals surface area contributed by atoms with Crippen LogP contribution < -0.4 is 0 Å². The van der Waals surface area contributed by atoms with E-state index < -0.39 is 0 Å². The fraction of sp³-hybridized carbons (Fsp3) is 1.00. The second kappa shape index (κ2) is 4.55. The van der Waals surface area contributed by atoms with Crippen molar-refractivity contribution in [2.45, 2.75) is 57.0 Å². The van der Waals surface area contributed by atoms with Gasteiger partial charge in [-0.1, -0.05) is 6.42 Å². The van der Waals surface area contributed by atoms with E-state index in [4.69, 9.17) is 0 Å². The third kappa shape index (κ3) is 2.53. The standard InChI is InChI=1S/C15H27NO/c1-16-7-2-5-15(17,6-8-16)11-14-10-12-3-4-13(14)9-12/h12-14,17H,2-11H2,1H3. The van der Waals surface area contributed by atoms with Gasteiger partial charge in [-0.05, 0) is 76.3 Å². The van der Waals surface area contributed by atoms with E-state index >= 15 is 0 Å². The first-order valence-corrected chi connectivity index (χ1v) is 7.56. The van der Waals surface area contributed by atoms with Gasteiger partial charge in [0, 0.05) is 6.54 Å². The molecule has 1 heterocycles. The third-order valence-electron chi connectivity index (χ3n) is 5.67. The highest BCUT2D eigenvalue weighted by Crippen LogP contribution is 2.51. The van der Waals surface area contributed by atoms with Crippen LogP contribution in [0.4, 0.5) is 0 Å². The third-order valence-corrected chi connectivity index (χ3v) is 5.67. The molecule has 1 N–H and O–H groups in total. The molecular weight excluding hydrogens is 210 g/mol. The summed E-state index contributed by atoms with van der Waals surface area (Å²) in [6, 6.07) is 0. The van der Waals surface area contributed by atoms with Crippen molar-refractivity contribution in [3.8, 4) is 0 Å². The molecule has 0 spiro atoms. The summed E-state index contributed by atoms with van der Waals surface area (Å²) in [5.74, 6) is 2.83. The first-order chi connectivity index (χ1) is 8.15. The Morgan fingerprint density at radius 2 is 2.06 bits per heavy atom. The van der Waals surface area contributed by atoms with Crippen molar-refractivity contribution in [3.05, 3.63) is 0 Å². The average Bonchev–Trinajstić information content (AvgIpc) is 2.84. The summed E-state index contributed by atoms with van der Waals surface area (Å²) in [6.07, 6.45) is 10.1. The van der Waals surface area contributed by atoms with Gasteiger partial charge >= 0.3 is 0 Å². The maximum Gasteiger partial charge on any atom is 0.0663 e. The van der Waals surface area contributed by atoms with Gasteiger partial charge < -0.3 is 10.0 Å². The molecule has 2 nitrogen and oxygen atoms in total. The lowest BCUT2D eigenvalue weighted by Gasteiger charge is -2.33. The SMILES string of the molecule is CN1CCCC(O)(CC2CC3CCC2C3)CC1. The molecule has 0 aromatic heterocycles. The summed E-state index contributed by atoms with van der Waals surface area (Å²) in [5, 5.41) is 10.8. The Hall–Kier alpha value is -0.0800. The molecule has 3 aliphatic rings. The highest BCUT2D eigenvalue weighted by molar-refractivity contribution is 4.95. The monoisotopic (exact) mass is 237 g/mol. The van der Waals surface area contributed by atoms with Crippen LogP contribution in [0.1, 0.15) is 51.4 Å². The molecule has 1 aliphatic heterocycles. The van der Waals surface area contributed by atoms with E-state index in [2.05, 4.69) is 11.9 Å². The zero-order chi connectivity index (χ0) is 11.9. The molecule has 4 atom stereocenters. The van der Waals surface area contributed by atoms with Crippen LogP contribution in [0.25, 0.3) is 0 Å².